The van der Waals surface area contributed by atoms with Crippen LogP contribution in [0.3, 0.4) is 0 Å². The second-order valence-electron chi connectivity index (χ2n) is 8.27. The molecule has 164 valence electrons. The molecule has 3 aromatic rings. The molecule has 0 radical (unpaired) electrons. The van der Waals surface area contributed by atoms with Gasteiger partial charge in [0.25, 0.3) is 0 Å². The molecule has 0 bridgehead atoms. The van der Waals surface area contributed by atoms with Crippen LogP contribution < -0.4 is 15.4 Å². The summed E-state index contributed by atoms with van der Waals surface area (Å²) in [4.78, 5) is 33.8. The van der Waals surface area contributed by atoms with Gasteiger partial charge in [-0.15, -0.1) is 0 Å². The van der Waals surface area contributed by atoms with Gasteiger partial charge >= 0.3 is 0 Å². The predicted octanol–water partition coefficient (Wildman–Crippen LogP) is 3.57. The minimum absolute atomic E-state index is 0.0366. The largest absolute Gasteiger partial charge is 0.494 e. The van der Waals surface area contributed by atoms with Gasteiger partial charge in [0.05, 0.1) is 29.6 Å². The Morgan fingerprint density at radius 1 is 1.09 bits per heavy atom. The number of amides is 1. The van der Waals surface area contributed by atoms with Gasteiger partial charge in [-0.1, -0.05) is 6.07 Å². The lowest BCUT2D eigenvalue weighted by Crippen LogP contribution is -2.15. The molecular formula is C23H24N6O3. The van der Waals surface area contributed by atoms with Crippen molar-refractivity contribution in [3.63, 3.8) is 0 Å². The highest BCUT2D eigenvalue weighted by Crippen LogP contribution is 2.39. The molecule has 9 nitrogen and oxygen atoms in total. The van der Waals surface area contributed by atoms with E-state index in [2.05, 4.69) is 25.7 Å². The number of benzene rings is 1. The van der Waals surface area contributed by atoms with Crippen molar-refractivity contribution in [2.24, 2.45) is 18.9 Å². The van der Waals surface area contributed by atoms with E-state index >= 15 is 0 Å². The number of nitrogens with zero attached hydrogens (tertiary/aromatic N) is 4. The van der Waals surface area contributed by atoms with E-state index in [1.807, 2.05) is 18.2 Å². The fourth-order valence-corrected chi connectivity index (χ4v) is 3.60. The van der Waals surface area contributed by atoms with Gasteiger partial charge in [0.2, 0.25) is 5.91 Å². The van der Waals surface area contributed by atoms with Crippen LogP contribution in [0.1, 0.15) is 36.0 Å². The third-order valence-corrected chi connectivity index (χ3v) is 5.65. The number of rotatable bonds is 8. The van der Waals surface area contributed by atoms with Crippen molar-refractivity contribution in [3.8, 4) is 17.1 Å². The van der Waals surface area contributed by atoms with E-state index in [0.717, 1.165) is 31.2 Å². The molecular weight excluding hydrogens is 408 g/mol. The quantitative estimate of drug-likeness (QED) is 0.524. The van der Waals surface area contributed by atoms with Crippen LogP contribution in [0.15, 0.2) is 36.8 Å². The first-order chi connectivity index (χ1) is 15.5. The number of hydrogen-bond acceptors (Lipinski definition) is 7. The van der Waals surface area contributed by atoms with E-state index in [4.69, 9.17) is 4.74 Å². The van der Waals surface area contributed by atoms with Crippen LogP contribution >= 0.6 is 0 Å². The van der Waals surface area contributed by atoms with E-state index in [-0.39, 0.29) is 23.5 Å². The number of ketones is 1. The minimum Gasteiger partial charge on any atom is -0.494 e. The summed E-state index contributed by atoms with van der Waals surface area (Å²) in [5, 5.41) is 10.6. The molecule has 2 saturated carbocycles. The summed E-state index contributed by atoms with van der Waals surface area (Å²) >= 11 is 0. The van der Waals surface area contributed by atoms with Crippen LogP contribution in [0.4, 0.5) is 17.2 Å². The number of Topliss-reactive ketones (excluding diaryl/α,β-unsaturated/α-hetero) is 1. The lowest BCUT2D eigenvalue weighted by atomic mass is 10.1. The normalized spacial score (nSPS) is 15.3. The number of ether oxygens (including phenoxy) is 1. The second kappa shape index (κ2) is 8.07. The Kier molecular flexibility index (Phi) is 5.08. The van der Waals surface area contributed by atoms with Crippen molar-refractivity contribution in [1.29, 1.82) is 0 Å². The molecule has 0 saturated heterocycles. The summed E-state index contributed by atoms with van der Waals surface area (Å²) in [7, 11) is 3.38. The molecule has 2 heterocycles. The Morgan fingerprint density at radius 2 is 1.88 bits per heavy atom. The first-order valence-corrected chi connectivity index (χ1v) is 10.7. The number of pyridine rings is 1. The monoisotopic (exact) mass is 432 g/mol. The molecule has 1 amide bonds. The number of hydrogen-bond donors (Lipinski definition) is 2. The Morgan fingerprint density at radius 3 is 2.53 bits per heavy atom. The van der Waals surface area contributed by atoms with E-state index in [1.54, 1.807) is 37.4 Å². The topological polar surface area (TPSA) is 111 Å². The van der Waals surface area contributed by atoms with Crippen molar-refractivity contribution < 1.29 is 14.3 Å². The zero-order valence-corrected chi connectivity index (χ0v) is 18.0. The summed E-state index contributed by atoms with van der Waals surface area (Å²) in [6.45, 7) is 0. The van der Waals surface area contributed by atoms with Gasteiger partial charge < -0.3 is 15.4 Å². The Hall–Kier alpha value is -3.75. The molecule has 32 heavy (non-hydrogen) atoms. The van der Waals surface area contributed by atoms with Crippen LogP contribution in [-0.4, -0.2) is 38.5 Å². The van der Waals surface area contributed by atoms with Crippen molar-refractivity contribution >= 4 is 28.9 Å². The fourth-order valence-electron chi connectivity index (χ4n) is 3.60. The molecule has 2 N–H and O–H groups in total. The molecule has 0 aliphatic heterocycles. The Bertz CT molecular complexity index is 1200. The number of nitrogens with one attached hydrogen (secondary N) is 2. The summed E-state index contributed by atoms with van der Waals surface area (Å²) < 4.78 is 7.31. The van der Waals surface area contributed by atoms with E-state index in [9.17, 15) is 9.59 Å². The fraction of sp³-hybridized carbons (Fsp3) is 0.348. The molecule has 9 heteroatoms. The van der Waals surface area contributed by atoms with Crippen LogP contribution in [0.25, 0.3) is 11.4 Å². The summed E-state index contributed by atoms with van der Waals surface area (Å²) in [6.07, 6.45) is 6.76. The van der Waals surface area contributed by atoms with Crippen molar-refractivity contribution in [1.82, 2.24) is 19.7 Å². The van der Waals surface area contributed by atoms with Gasteiger partial charge in [0, 0.05) is 31.1 Å². The molecule has 2 fully saturated rings. The smallest absolute Gasteiger partial charge is 0.228 e. The van der Waals surface area contributed by atoms with E-state index in [0.29, 0.717) is 34.3 Å². The maximum Gasteiger partial charge on any atom is 0.228 e. The van der Waals surface area contributed by atoms with Gasteiger partial charge in [-0.25, -0.2) is 9.97 Å². The minimum atomic E-state index is -0.0366. The van der Waals surface area contributed by atoms with Crippen LogP contribution in [0.5, 0.6) is 5.75 Å². The SMILES string of the molecule is COc1c(Nc2cc(NC(=O)C3CC3)ncc2C(=O)C2CC2)cccc1-c1ncn(C)n1. The first-order valence-electron chi connectivity index (χ1n) is 10.7. The highest BCUT2D eigenvalue weighted by molar-refractivity contribution is 6.05. The number of aryl methyl sites for hydroxylation is 1. The highest BCUT2D eigenvalue weighted by atomic mass is 16.5. The maximum atomic E-state index is 12.9. The Balaban J connectivity index is 1.51. The summed E-state index contributed by atoms with van der Waals surface area (Å²) in [5.74, 6) is 1.63. The summed E-state index contributed by atoms with van der Waals surface area (Å²) in [5.41, 5.74) is 2.46. The van der Waals surface area contributed by atoms with Gasteiger partial charge in [-0.05, 0) is 37.8 Å². The molecule has 2 aromatic heterocycles. The lowest BCUT2D eigenvalue weighted by molar-refractivity contribution is -0.117. The van der Waals surface area contributed by atoms with E-state index < -0.39 is 0 Å². The predicted molar refractivity (Wildman–Crippen MR) is 119 cm³/mol. The standard InChI is InChI=1S/C23H24N6O3/c1-29-12-25-22(28-29)15-4-3-5-17(21(15)32-2)26-18-10-19(27-23(31)14-8-9-14)24-11-16(18)20(30)13-6-7-13/h3-5,10-14H,6-9H2,1-2H3,(H2,24,26,27,31). The van der Waals surface area contributed by atoms with Gasteiger partial charge in [0.1, 0.15) is 12.1 Å². The van der Waals surface area contributed by atoms with Crippen LogP contribution in [0.2, 0.25) is 0 Å². The molecule has 0 spiro atoms. The van der Waals surface area contributed by atoms with Crippen molar-refractivity contribution in [3.05, 3.63) is 42.4 Å². The first kappa shape index (κ1) is 20.2. The zero-order chi connectivity index (χ0) is 22.2. The molecule has 1 aromatic carbocycles. The number of methoxy groups -OCH3 is 1. The average Bonchev–Trinajstić information content (AvgIpc) is 3.71. The van der Waals surface area contributed by atoms with Crippen LogP contribution in [-0.2, 0) is 11.8 Å². The third-order valence-electron chi connectivity index (χ3n) is 5.65. The molecule has 2 aliphatic carbocycles. The number of aromatic nitrogens is 4. The average molecular weight is 432 g/mol. The number of anilines is 3. The van der Waals surface area contributed by atoms with E-state index in [1.165, 1.54) is 0 Å². The van der Waals surface area contributed by atoms with Gasteiger partial charge in [0.15, 0.2) is 17.4 Å². The third kappa shape index (κ3) is 4.05. The second-order valence-corrected chi connectivity index (χ2v) is 8.27. The Labute approximate surface area is 185 Å². The van der Waals surface area contributed by atoms with Crippen molar-refractivity contribution in [2.45, 2.75) is 25.7 Å². The molecule has 5 rings (SSSR count). The molecule has 0 unspecified atom stereocenters. The highest BCUT2D eigenvalue weighted by Gasteiger charge is 2.33. The number of carbonyl (C=O) groups excluding carboxylic acids is 2. The maximum absolute atomic E-state index is 12.9. The van der Waals surface area contributed by atoms with Crippen molar-refractivity contribution in [2.75, 3.05) is 17.7 Å². The molecule has 2 aliphatic rings. The molecule has 0 atom stereocenters. The summed E-state index contributed by atoms with van der Waals surface area (Å²) in [6, 6.07) is 7.32. The zero-order valence-electron chi connectivity index (χ0n) is 18.0. The van der Waals surface area contributed by atoms with Crippen LogP contribution in [0, 0.1) is 11.8 Å². The number of carbonyl (C=O) groups is 2. The van der Waals surface area contributed by atoms with Gasteiger partial charge in [-0.2, -0.15) is 5.10 Å². The lowest BCUT2D eigenvalue weighted by Gasteiger charge is -2.17. The van der Waals surface area contributed by atoms with Gasteiger partial charge in [-0.3, -0.25) is 14.3 Å². The number of para-hydroxylation sites is 1.